The van der Waals surface area contributed by atoms with E-state index in [1.54, 1.807) is 31.4 Å². The summed E-state index contributed by atoms with van der Waals surface area (Å²) in [6.07, 6.45) is 6.99. The molecule has 1 saturated heterocycles. The van der Waals surface area contributed by atoms with Crippen molar-refractivity contribution < 1.29 is 9.53 Å². The second-order valence-corrected chi connectivity index (χ2v) is 11.0. The fourth-order valence-corrected chi connectivity index (χ4v) is 5.67. The van der Waals surface area contributed by atoms with Gasteiger partial charge in [0.15, 0.2) is 0 Å². The van der Waals surface area contributed by atoms with Gasteiger partial charge < -0.3 is 4.90 Å². The van der Waals surface area contributed by atoms with Crippen LogP contribution in [0.4, 0.5) is 4.79 Å². The zero-order valence-corrected chi connectivity index (χ0v) is 20.8. The van der Waals surface area contributed by atoms with Crippen molar-refractivity contribution >= 4 is 30.6 Å². The minimum atomic E-state index is -0.470. The summed E-state index contributed by atoms with van der Waals surface area (Å²) in [5.74, 6) is 1.52. The summed E-state index contributed by atoms with van der Waals surface area (Å²) >= 11 is -0.470. The Morgan fingerprint density at radius 1 is 1.03 bits per heavy atom. The summed E-state index contributed by atoms with van der Waals surface area (Å²) in [4.78, 5) is 29.3. The Kier molecular flexibility index (Phi) is 7.05. The van der Waals surface area contributed by atoms with Gasteiger partial charge in [0.05, 0.1) is 0 Å². The Bertz CT molecular complexity index is 1050. The predicted octanol–water partition coefficient (Wildman–Crippen LogP) is 2.22. The van der Waals surface area contributed by atoms with Gasteiger partial charge in [-0.2, -0.15) is 0 Å². The number of carbonyl (C=O) groups is 1. The average Bonchev–Trinajstić information content (AvgIpc) is 2.82. The molecular formula is C24H28AsN5O2. The Labute approximate surface area is 195 Å². The molecule has 32 heavy (non-hydrogen) atoms. The molecule has 166 valence electrons. The van der Waals surface area contributed by atoms with Crippen LogP contribution in [0.15, 0.2) is 55.0 Å². The van der Waals surface area contributed by atoms with Crippen molar-refractivity contribution in [2.24, 2.45) is 0 Å². The van der Waals surface area contributed by atoms with Gasteiger partial charge in [-0.3, -0.25) is 0 Å². The number of amides is 2. The molecule has 1 aliphatic heterocycles. The van der Waals surface area contributed by atoms with Gasteiger partial charge in [-0.15, -0.1) is 0 Å². The third-order valence-corrected chi connectivity index (χ3v) is 7.94. The zero-order chi connectivity index (χ0) is 22.5. The van der Waals surface area contributed by atoms with E-state index in [0.717, 1.165) is 24.3 Å². The minimum absolute atomic E-state index is 0.0585. The molecule has 7 nitrogen and oxygen atoms in total. The van der Waals surface area contributed by atoms with Crippen LogP contribution >= 0.6 is 0 Å². The molecule has 0 spiro atoms. The van der Waals surface area contributed by atoms with Crippen molar-refractivity contribution in [3.63, 3.8) is 0 Å². The van der Waals surface area contributed by atoms with E-state index < -0.39 is 15.8 Å². The molecule has 1 fully saturated rings. The molecule has 0 aliphatic carbocycles. The second kappa shape index (κ2) is 10.1. The van der Waals surface area contributed by atoms with Gasteiger partial charge in [0.2, 0.25) is 0 Å². The van der Waals surface area contributed by atoms with Crippen LogP contribution in [0, 0.1) is 6.92 Å². The number of urea groups is 1. The van der Waals surface area contributed by atoms with Crippen molar-refractivity contribution in [2.75, 3.05) is 27.2 Å². The summed E-state index contributed by atoms with van der Waals surface area (Å²) in [7, 11) is 3.57. The van der Waals surface area contributed by atoms with E-state index in [2.05, 4.69) is 46.1 Å². The molecule has 1 aromatic carbocycles. The van der Waals surface area contributed by atoms with Gasteiger partial charge in [-0.25, -0.2) is 4.79 Å². The van der Waals surface area contributed by atoms with Crippen LogP contribution in [0.2, 0.25) is 0 Å². The fraction of sp³-hybridized carbons (Fsp3) is 0.333. The van der Waals surface area contributed by atoms with Crippen molar-refractivity contribution in [2.45, 2.75) is 25.7 Å². The Morgan fingerprint density at radius 3 is 2.41 bits per heavy atom. The van der Waals surface area contributed by atoms with Gasteiger partial charge in [0, 0.05) is 14.1 Å². The number of likely N-dealkylation sites (tertiary alicyclic amines) is 1. The quantitative estimate of drug-likeness (QED) is 0.510. The topological polar surface area (TPSA) is 71.5 Å². The van der Waals surface area contributed by atoms with Crippen LogP contribution in [0.1, 0.15) is 30.0 Å². The van der Waals surface area contributed by atoms with Gasteiger partial charge in [0.1, 0.15) is 0 Å². The SMILES string of the molecule is Cc1ccc([AsH]c2ccc(Oc3nccnc3C3CCN(C(=O)N(C)C)CC3)cc2)nc1. The summed E-state index contributed by atoms with van der Waals surface area (Å²) in [5, 5.41) is 0. The molecule has 0 bridgehead atoms. The van der Waals surface area contributed by atoms with Crippen LogP contribution in [0.25, 0.3) is 0 Å². The molecule has 0 N–H and O–H groups in total. The molecule has 4 rings (SSSR count). The maximum absolute atomic E-state index is 12.2. The van der Waals surface area contributed by atoms with Crippen LogP contribution in [-0.2, 0) is 0 Å². The summed E-state index contributed by atoms with van der Waals surface area (Å²) in [6, 6.07) is 12.5. The van der Waals surface area contributed by atoms with Crippen molar-refractivity contribution in [3.05, 3.63) is 66.2 Å². The van der Waals surface area contributed by atoms with E-state index in [4.69, 9.17) is 4.74 Å². The molecule has 8 heteroatoms. The first-order valence-corrected chi connectivity index (χ1v) is 12.8. The number of carbonyl (C=O) groups excluding carboxylic acids is 1. The van der Waals surface area contributed by atoms with E-state index in [1.165, 1.54) is 14.4 Å². The van der Waals surface area contributed by atoms with Crippen LogP contribution in [0.3, 0.4) is 0 Å². The third-order valence-electron chi connectivity index (χ3n) is 5.48. The van der Waals surface area contributed by atoms with E-state index in [0.29, 0.717) is 19.0 Å². The number of aromatic nitrogens is 3. The van der Waals surface area contributed by atoms with Crippen LogP contribution in [0.5, 0.6) is 11.6 Å². The number of ether oxygens (including phenoxy) is 1. The van der Waals surface area contributed by atoms with Crippen molar-refractivity contribution in [1.29, 1.82) is 0 Å². The number of hydrogen-bond donors (Lipinski definition) is 0. The number of nitrogens with zero attached hydrogens (tertiary/aromatic N) is 5. The molecule has 2 aromatic heterocycles. The fourth-order valence-electron chi connectivity index (χ4n) is 3.73. The van der Waals surface area contributed by atoms with Crippen molar-refractivity contribution in [3.8, 4) is 11.6 Å². The second-order valence-electron chi connectivity index (χ2n) is 8.16. The number of rotatable bonds is 5. The molecule has 2 amide bonds. The van der Waals surface area contributed by atoms with Crippen LogP contribution in [-0.4, -0.2) is 73.7 Å². The van der Waals surface area contributed by atoms with Gasteiger partial charge in [-0.05, 0) is 0 Å². The molecule has 0 radical (unpaired) electrons. The number of pyridine rings is 1. The Hall–Kier alpha value is -2.92. The summed E-state index contributed by atoms with van der Waals surface area (Å²) < 4.78 is 8.60. The Morgan fingerprint density at radius 2 is 1.75 bits per heavy atom. The predicted molar refractivity (Wildman–Crippen MR) is 127 cm³/mol. The number of benzene rings is 1. The summed E-state index contributed by atoms with van der Waals surface area (Å²) in [6.45, 7) is 3.48. The molecule has 0 saturated carbocycles. The number of piperidine rings is 1. The summed E-state index contributed by atoms with van der Waals surface area (Å²) in [5.41, 5.74) is 2.05. The molecule has 1 aliphatic rings. The normalized spacial score (nSPS) is 14.7. The van der Waals surface area contributed by atoms with E-state index in [1.807, 2.05) is 23.2 Å². The monoisotopic (exact) mass is 493 g/mol. The van der Waals surface area contributed by atoms with E-state index in [-0.39, 0.29) is 11.9 Å². The maximum atomic E-state index is 12.2. The Balaban J connectivity index is 1.41. The van der Waals surface area contributed by atoms with Gasteiger partial charge >= 0.3 is 172 Å². The molecular weight excluding hydrogens is 465 g/mol. The first kappa shape index (κ1) is 22.3. The van der Waals surface area contributed by atoms with Gasteiger partial charge in [-0.1, -0.05) is 0 Å². The first-order chi connectivity index (χ1) is 15.5. The van der Waals surface area contributed by atoms with E-state index >= 15 is 0 Å². The third kappa shape index (κ3) is 5.46. The first-order valence-electron chi connectivity index (χ1n) is 10.7. The van der Waals surface area contributed by atoms with Gasteiger partial charge in [0.25, 0.3) is 0 Å². The van der Waals surface area contributed by atoms with E-state index in [9.17, 15) is 4.79 Å². The number of aryl methyl sites for hydroxylation is 1. The number of hydrogen-bond acceptors (Lipinski definition) is 5. The molecule has 3 aromatic rings. The molecule has 1 unspecified atom stereocenters. The zero-order valence-electron chi connectivity index (χ0n) is 18.7. The average molecular weight is 493 g/mol. The molecule has 1 atom stereocenters. The standard InChI is InChI=1S/C24H28AsN5O2/c1-17-4-9-21(28-16-17)25-19-5-7-20(8-6-19)32-23-22(26-12-13-27-23)18-10-14-30(15-11-18)24(31)29(2)3/h4-9,12-13,16,18,25H,10-11,14-15H2,1-3H3. The molecule has 3 heterocycles. The van der Waals surface area contributed by atoms with Crippen molar-refractivity contribution in [1.82, 2.24) is 24.8 Å². The van der Waals surface area contributed by atoms with Crippen LogP contribution < -0.4 is 13.6 Å².